The Labute approximate surface area is 144 Å². The number of methoxy groups -OCH3 is 1. The Hall–Kier alpha value is -1.86. The van der Waals surface area contributed by atoms with Crippen LogP contribution in [0.25, 0.3) is 6.08 Å². The predicted molar refractivity (Wildman–Crippen MR) is 91.7 cm³/mol. The van der Waals surface area contributed by atoms with E-state index in [-0.39, 0.29) is 4.32 Å². The molecule has 23 heavy (non-hydrogen) atoms. The van der Waals surface area contributed by atoms with E-state index in [0.29, 0.717) is 23.5 Å². The lowest BCUT2D eigenvalue weighted by molar-refractivity contribution is -0.310. The molecule has 0 bridgehead atoms. The summed E-state index contributed by atoms with van der Waals surface area (Å²) in [6.45, 7) is 1.85. The lowest BCUT2D eigenvalue weighted by Crippen LogP contribution is -2.49. The van der Waals surface area contributed by atoms with E-state index in [9.17, 15) is 14.7 Å². The van der Waals surface area contributed by atoms with Gasteiger partial charge in [0.2, 0.25) is 0 Å². The van der Waals surface area contributed by atoms with E-state index in [1.807, 2.05) is 25.1 Å². The van der Waals surface area contributed by atoms with Crippen LogP contribution in [0.5, 0.6) is 5.75 Å². The summed E-state index contributed by atoms with van der Waals surface area (Å²) in [4.78, 5) is 25.4. The Morgan fingerprint density at radius 1 is 1.48 bits per heavy atom. The Kier molecular flexibility index (Phi) is 5.79. The van der Waals surface area contributed by atoms with Crippen LogP contribution in [0, 0.1) is 0 Å². The van der Waals surface area contributed by atoms with Gasteiger partial charge in [-0.2, -0.15) is 0 Å². The third-order valence-electron chi connectivity index (χ3n) is 3.39. The number of para-hydroxylation sites is 1. The monoisotopic (exact) mass is 350 g/mol. The molecule has 122 valence electrons. The standard InChI is InChI=1S/C16H17NO4S2/c1-3-6-11(15(19)20)17-14(18)13(23-16(17)22)9-10-7-4-5-8-12(10)21-2/h4-5,7-9,11H,3,6H2,1-2H3,(H,19,20)/p-1. The molecule has 0 N–H and O–H groups in total. The number of carbonyl (C=O) groups excluding carboxylic acids is 2. The minimum atomic E-state index is -1.29. The number of aliphatic carboxylic acids is 1. The van der Waals surface area contributed by atoms with Crippen molar-refractivity contribution in [2.45, 2.75) is 25.8 Å². The number of ether oxygens (including phenoxy) is 1. The summed E-state index contributed by atoms with van der Waals surface area (Å²) in [6.07, 6.45) is 2.58. The van der Waals surface area contributed by atoms with E-state index in [4.69, 9.17) is 17.0 Å². The first-order chi connectivity index (χ1) is 11.0. The summed E-state index contributed by atoms with van der Waals surface area (Å²) in [5.74, 6) is -1.07. The molecule has 0 saturated carbocycles. The minimum Gasteiger partial charge on any atom is -0.548 e. The van der Waals surface area contributed by atoms with Crippen LogP contribution in [0.1, 0.15) is 25.3 Å². The van der Waals surface area contributed by atoms with Crippen molar-refractivity contribution in [2.75, 3.05) is 7.11 Å². The van der Waals surface area contributed by atoms with E-state index in [2.05, 4.69) is 0 Å². The average Bonchev–Trinajstić information content (AvgIpc) is 2.79. The molecule has 2 rings (SSSR count). The molecule has 1 heterocycles. The molecule has 1 saturated heterocycles. The van der Waals surface area contributed by atoms with Crippen LogP contribution in [0.3, 0.4) is 0 Å². The van der Waals surface area contributed by atoms with Crippen LogP contribution in [-0.2, 0) is 9.59 Å². The Balaban J connectivity index is 2.34. The Morgan fingerprint density at radius 3 is 2.78 bits per heavy atom. The molecule has 0 aliphatic carbocycles. The second-order valence-electron chi connectivity index (χ2n) is 4.92. The summed E-state index contributed by atoms with van der Waals surface area (Å²) in [5.41, 5.74) is 0.732. The second kappa shape index (κ2) is 7.61. The van der Waals surface area contributed by atoms with Crippen molar-refractivity contribution in [3.63, 3.8) is 0 Å². The van der Waals surface area contributed by atoms with Crippen molar-refractivity contribution < 1.29 is 19.4 Å². The molecule has 5 nitrogen and oxygen atoms in total. The summed E-state index contributed by atoms with van der Waals surface area (Å²) in [5, 5.41) is 11.3. The Bertz CT molecular complexity index is 672. The fourth-order valence-corrected chi connectivity index (χ4v) is 3.65. The molecule has 1 atom stereocenters. The molecule has 0 radical (unpaired) electrons. The number of carboxylic acids is 1. The number of thioether (sulfide) groups is 1. The number of amides is 1. The van der Waals surface area contributed by atoms with E-state index >= 15 is 0 Å². The van der Waals surface area contributed by atoms with Crippen molar-refractivity contribution in [3.8, 4) is 5.75 Å². The fraction of sp³-hybridized carbons (Fsp3) is 0.312. The van der Waals surface area contributed by atoms with E-state index < -0.39 is 17.9 Å². The van der Waals surface area contributed by atoms with Crippen LogP contribution in [0.15, 0.2) is 29.2 Å². The number of thiocarbonyl (C=S) groups is 1. The summed E-state index contributed by atoms with van der Waals surface area (Å²) < 4.78 is 5.49. The lowest BCUT2D eigenvalue weighted by atomic mass is 10.1. The highest BCUT2D eigenvalue weighted by Crippen LogP contribution is 2.36. The summed E-state index contributed by atoms with van der Waals surface area (Å²) in [7, 11) is 1.55. The van der Waals surface area contributed by atoms with E-state index in [1.165, 1.54) is 0 Å². The van der Waals surface area contributed by atoms with Gasteiger partial charge in [-0.1, -0.05) is 55.5 Å². The van der Waals surface area contributed by atoms with Crippen molar-refractivity contribution in [2.24, 2.45) is 0 Å². The lowest BCUT2D eigenvalue weighted by Gasteiger charge is -2.27. The zero-order valence-corrected chi connectivity index (χ0v) is 14.4. The molecular weight excluding hydrogens is 334 g/mol. The van der Waals surface area contributed by atoms with Crippen LogP contribution < -0.4 is 9.84 Å². The third kappa shape index (κ3) is 3.73. The van der Waals surface area contributed by atoms with E-state index in [0.717, 1.165) is 22.2 Å². The van der Waals surface area contributed by atoms with Crippen molar-refractivity contribution in [1.82, 2.24) is 4.90 Å². The summed E-state index contributed by atoms with van der Waals surface area (Å²) >= 11 is 6.28. The normalized spacial score (nSPS) is 17.7. The first-order valence-electron chi connectivity index (χ1n) is 7.10. The van der Waals surface area contributed by atoms with Gasteiger partial charge < -0.3 is 14.6 Å². The summed E-state index contributed by atoms with van der Waals surface area (Å²) in [6, 6.07) is 6.22. The van der Waals surface area contributed by atoms with Gasteiger partial charge in [0, 0.05) is 5.56 Å². The van der Waals surface area contributed by atoms with Gasteiger partial charge in [-0.15, -0.1) is 0 Å². The van der Waals surface area contributed by atoms with Gasteiger partial charge in [-0.3, -0.25) is 9.69 Å². The zero-order valence-electron chi connectivity index (χ0n) is 12.8. The topological polar surface area (TPSA) is 69.7 Å². The van der Waals surface area contributed by atoms with Gasteiger partial charge in [0.05, 0.1) is 24.0 Å². The van der Waals surface area contributed by atoms with E-state index in [1.54, 1.807) is 19.3 Å². The van der Waals surface area contributed by atoms with Gasteiger partial charge in [0.25, 0.3) is 5.91 Å². The van der Waals surface area contributed by atoms with Crippen LogP contribution in [-0.4, -0.2) is 34.2 Å². The maximum absolute atomic E-state index is 12.6. The molecule has 1 fully saturated rings. The third-order valence-corrected chi connectivity index (χ3v) is 4.73. The zero-order chi connectivity index (χ0) is 17.0. The maximum atomic E-state index is 12.6. The first-order valence-corrected chi connectivity index (χ1v) is 8.33. The van der Waals surface area contributed by atoms with Gasteiger partial charge in [0.15, 0.2) is 0 Å². The number of hydrogen-bond acceptors (Lipinski definition) is 6. The molecule has 1 amide bonds. The van der Waals surface area contributed by atoms with Crippen LogP contribution in [0.4, 0.5) is 0 Å². The second-order valence-corrected chi connectivity index (χ2v) is 6.59. The highest BCUT2D eigenvalue weighted by molar-refractivity contribution is 8.26. The largest absolute Gasteiger partial charge is 0.548 e. The molecule has 1 aliphatic heterocycles. The number of carboxylic acid groups (broad SMARTS) is 1. The highest BCUT2D eigenvalue weighted by atomic mass is 32.2. The molecule has 1 unspecified atom stereocenters. The highest BCUT2D eigenvalue weighted by Gasteiger charge is 2.37. The van der Waals surface area contributed by atoms with Crippen LogP contribution in [0.2, 0.25) is 0 Å². The Morgan fingerprint density at radius 2 is 2.17 bits per heavy atom. The number of rotatable bonds is 6. The number of benzene rings is 1. The number of carbonyl (C=O) groups is 2. The van der Waals surface area contributed by atoms with Gasteiger partial charge in [-0.05, 0) is 18.6 Å². The van der Waals surface area contributed by atoms with Crippen molar-refractivity contribution in [3.05, 3.63) is 34.7 Å². The van der Waals surface area contributed by atoms with Crippen molar-refractivity contribution >= 4 is 46.3 Å². The maximum Gasteiger partial charge on any atom is 0.266 e. The molecule has 0 spiro atoms. The average molecular weight is 350 g/mol. The molecule has 7 heteroatoms. The molecule has 1 aromatic carbocycles. The molecule has 1 aliphatic rings. The minimum absolute atomic E-state index is 0.235. The number of hydrogen-bond donors (Lipinski definition) is 0. The predicted octanol–water partition coefficient (Wildman–Crippen LogP) is 1.81. The molecule has 1 aromatic rings. The quantitative estimate of drug-likeness (QED) is 0.576. The number of nitrogens with zero attached hydrogens (tertiary/aromatic N) is 1. The van der Waals surface area contributed by atoms with Gasteiger partial charge in [0.1, 0.15) is 10.1 Å². The van der Waals surface area contributed by atoms with Gasteiger partial charge >= 0.3 is 0 Å². The molecule has 0 aromatic heterocycles. The SMILES string of the molecule is CCCC(C(=O)[O-])N1C(=O)C(=Cc2ccccc2OC)SC1=S. The van der Waals surface area contributed by atoms with Crippen LogP contribution >= 0.6 is 24.0 Å². The molecular formula is C16H16NO4S2-. The fourth-order valence-electron chi connectivity index (χ4n) is 2.30. The first kappa shape index (κ1) is 17.5. The van der Waals surface area contributed by atoms with Crippen molar-refractivity contribution in [1.29, 1.82) is 0 Å². The smallest absolute Gasteiger partial charge is 0.266 e. The van der Waals surface area contributed by atoms with Gasteiger partial charge in [-0.25, -0.2) is 0 Å².